The Hall–Kier alpha value is -3.70. The van der Waals surface area contributed by atoms with Crippen LogP contribution in [0.1, 0.15) is 37.9 Å². The number of esters is 1. The maximum Gasteiger partial charge on any atom is 0.338 e. The molecule has 4 rings (SSSR count). The fraction of sp³-hybridized carbons (Fsp3) is 0.259. The first-order chi connectivity index (χ1) is 18.1. The van der Waals surface area contributed by atoms with Gasteiger partial charge >= 0.3 is 5.97 Å². The van der Waals surface area contributed by atoms with E-state index in [1.54, 1.807) is 39.0 Å². The molecule has 1 atom stereocenters. The number of ether oxygens (including phenoxy) is 3. The van der Waals surface area contributed by atoms with Crippen LogP contribution in [0.2, 0.25) is 0 Å². The zero-order valence-electron chi connectivity index (χ0n) is 21.2. The molecule has 11 heteroatoms. The Morgan fingerprint density at radius 2 is 1.95 bits per heavy atom. The highest BCUT2D eigenvalue weighted by atomic mass is 79.9. The maximum absolute atomic E-state index is 13.8. The number of thiazole rings is 1. The minimum absolute atomic E-state index is 0.297. The van der Waals surface area contributed by atoms with Crippen LogP contribution in [0.25, 0.3) is 6.08 Å². The van der Waals surface area contributed by atoms with Gasteiger partial charge in [0, 0.05) is 0 Å². The van der Waals surface area contributed by atoms with E-state index in [0.717, 1.165) is 5.56 Å². The lowest BCUT2D eigenvalue weighted by atomic mass is 9.96. The number of primary amides is 1. The smallest absolute Gasteiger partial charge is 0.338 e. The lowest BCUT2D eigenvalue weighted by Gasteiger charge is -2.25. The van der Waals surface area contributed by atoms with Gasteiger partial charge in [0.15, 0.2) is 22.9 Å². The molecule has 1 unspecified atom stereocenters. The number of allylic oxidation sites excluding steroid dienone is 1. The minimum Gasteiger partial charge on any atom is -0.493 e. The SMILES string of the molecule is COc1cc(C=c2sc3n(c2=O)C(c2ccccc2)C(C(=O)OC(C)C)=C(C)N=3)cc(Br)c1OCC(N)=O. The Balaban J connectivity index is 1.87. The molecule has 1 amide bonds. The van der Waals surface area contributed by atoms with Crippen molar-refractivity contribution in [2.24, 2.45) is 10.7 Å². The van der Waals surface area contributed by atoms with Crippen LogP contribution in [0.5, 0.6) is 11.5 Å². The fourth-order valence-corrected chi connectivity index (χ4v) is 5.69. The first-order valence-corrected chi connectivity index (χ1v) is 13.3. The normalized spacial score (nSPS) is 15.2. The number of rotatable bonds is 8. The Morgan fingerprint density at radius 1 is 1.24 bits per heavy atom. The van der Waals surface area contributed by atoms with Crippen molar-refractivity contribution in [1.29, 1.82) is 0 Å². The van der Waals surface area contributed by atoms with Crippen LogP contribution in [-0.4, -0.2) is 36.3 Å². The van der Waals surface area contributed by atoms with Gasteiger partial charge in [0.25, 0.3) is 11.5 Å². The molecule has 0 radical (unpaired) electrons. The second kappa shape index (κ2) is 11.4. The summed E-state index contributed by atoms with van der Waals surface area (Å²) in [5.74, 6) is -0.456. The maximum atomic E-state index is 13.8. The van der Waals surface area contributed by atoms with E-state index >= 15 is 0 Å². The van der Waals surface area contributed by atoms with Crippen LogP contribution >= 0.6 is 27.3 Å². The molecule has 1 aliphatic heterocycles. The highest BCUT2D eigenvalue weighted by molar-refractivity contribution is 9.10. The molecule has 38 heavy (non-hydrogen) atoms. The van der Waals surface area contributed by atoms with E-state index in [2.05, 4.69) is 20.9 Å². The summed E-state index contributed by atoms with van der Waals surface area (Å²) < 4.78 is 18.9. The predicted octanol–water partition coefficient (Wildman–Crippen LogP) is 2.82. The van der Waals surface area contributed by atoms with E-state index in [1.165, 1.54) is 23.0 Å². The highest BCUT2D eigenvalue weighted by Crippen LogP contribution is 2.37. The summed E-state index contributed by atoms with van der Waals surface area (Å²) in [6.45, 7) is 4.98. The summed E-state index contributed by atoms with van der Waals surface area (Å²) >= 11 is 4.65. The first kappa shape index (κ1) is 27.3. The highest BCUT2D eigenvalue weighted by Gasteiger charge is 2.33. The van der Waals surface area contributed by atoms with E-state index < -0.39 is 17.9 Å². The van der Waals surface area contributed by atoms with Crippen molar-refractivity contribution < 1.29 is 23.8 Å². The molecule has 1 aliphatic rings. The van der Waals surface area contributed by atoms with E-state index in [9.17, 15) is 14.4 Å². The summed E-state index contributed by atoms with van der Waals surface area (Å²) in [5.41, 5.74) is 7.13. The fourth-order valence-electron chi connectivity index (χ4n) is 4.07. The third-order valence-corrected chi connectivity index (χ3v) is 7.18. The van der Waals surface area contributed by atoms with E-state index in [0.29, 0.717) is 42.1 Å². The molecular formula is C27H26BrN3O6S. The zero-order valence-corrected chi connectivity index (χ0v) is 23.6. The molecule has 2 aromatic carbocycles. The molecule has 0 saturated carbocycles. The standard InChI is InChI=1S/C27H26BrN3O6S/c1-14(2)37-26(34)22-15(3)30-27-31(23(22)17-8-6-5-7-9-17)25(33)20(38-27)12-16-10-18(28)24(19(11-16)35-4)36-13-21(29)32/h5-12,14,23H,13H2,1-4H3,(H2,29,32). The molecule has 0 fully saturated rings. The minimum atomic E-state index is -0.688. The van der Waals surface area contributed by atoms with Gasteiger partial charge in [-0.2, -0.15) is 0 Å². The van der Waals surface area contributed by atoms with Crippen molar-refractivity contribution >= 4 is 45.2 Å². The van der Waals surface area contributed by atoms with E-state index in [4.69, 9.17) is 19.9 Å². The number of amides is 1. The van der Waals surface area contributed by atoms with Crippen LogP contribution < -0.4 is 30.1 Å². The summed E-state index contributed by atoms with van der Waals surface area (Å²) in [4.78, 5) is 43.1. The van der Waals surface area contributed by atoms with Gasteiger partial charge in [0.2, 0.25) is 0 Å². The van der Waals surface area contributed by atoms with Crippen LogP contribution in [0.15, 0.2) is 68.0 Å². The van der Waals surface area contributed by atoms with Crippen LogP contribution in [0, 0.1) is 0 Å². The summed E-state index contributed by atoms with van der Waals surface area (Å²) in [5, 5.41) is 0. The van der Waals surface area contributed by atoms with Crippen molar-refractivity contribution in [3.63, 3.8) is 0 Å². The number of methoxy groups -OCH3 is 1. The number of aromatic nitrogens is 1. The Bertz CT molecular complexity index is 1610. The number of nitrogens with two attached hydrogens (primary N) is 1. The summed E-state index contributed by atoms with van der Waals surface area (Å²) in [6, 6.07) is 12.1. The summed E-state index contributed by atoms with van der Waals surface area (Å²) in [6.07, 6.45) is 1.38. The van der Waals surface area contributed by atoms with Gasteiger partial charge in [-0.3, -0.25) is 14.2 Å². The number of hydrogen-bond acceptors (Lipinski definition) is 8. The lowest BCUT2D eigenvalue weighted by Crippen LogP contribution is -2.40. The van der Waals surface area contributed by atoms with Gasteiger partial charge in [-0.25, -0.2) is 9.79 Å². The Kier molecular flexibility index (Phi) is 8.17. The predicted molar refractivity (Wildman–Crippen MR) is 147 cm³/mol. The second-order valence-corrected chi connectivity index (χ2v) is 10.6. The van der Waals surface area contributed by atoms with Gasteiger partial charge < -0.3 is 19.9 Å². The molecule has 9 nitrogen and oxygen atoms in total. The molecule has 0 aliphatic carbocycles. The van der Waals surface area contributed by atoms with Gasteiger partial charge in [-0.05, 0) is 66.0 Å². The van der Waals surface area contributed by atoms with Crippen molar-refractivity contribution in [3.8, 4) is 11.5 Å². The van der Waals surface area contributed by atoms with Crippen molar-refractivity contribution in [2.75, 3.05) is 13.7 Å². The number of nitrogens with zero attached hydrogens (tertiary/aromatic N) is 2. The number of carbonyl (C=O) groups is 2. The van der Waals surface area contributed by atoms with E-state index in [1.807, 2.05) is 30.3 Å². The van der Waals surface area contributed by atoms with Crippen molar-refractivity contribution in [2.45, 2.75) is 32.9 Å². The molecule has 3 aromatic rings. The Labute approximate surface area is 231 Å². The third-order valence-electron chi connectivity index (χ3n) is 5.61. The third kappa shape index (κ3) is 5.58. The summed E-state index contributed by atoms with van der Waals surface area (Å²) in [7, 11) is 1.47. The monoisotopic (exact) mass is 599 g/mol. The molecule has 198 valence electrons. The van der Waals surface area contributed by atoms with Crippen LogP contribution in [0.4, 0.5) is 0 Å². The van der Waals surface area contributed by atoms with Crippen LogP contribution in [-0.2, 0) is 14.3 Å². The lowest BCUT2D eigenvalue weighted by molar-refractivity contribution is -0.143. The topological polar surface area (TPSA) is 122 Å². The molecule has 0 spiro atoms. The molecule has 1 aromatic heterocycles. The largest absolute Gasteiger partial charge is 0.493 e. The number of carbonyl (C=O) groups excluding carboxylic acids is 2. The van der Waals surface area contributed by atoms with E-state index in [-0.39, 0.29) is 18.3 Å². The molecule has 2 N–H and O–H groups in total. The number of halogens is 1. The molecule has 0 bridgehead atoms. The second-order valence-electron chi connectivity index (χ2n) is 8.74. The quantitative estimate of drug-likeness (QED) is 0.397. The number of fused-ring (bicyclic) bond motifs is 1. The van der Waals surface area contributed by atoms with Crippen LogP contribution in [0.3, 0.4) is 0 Å². The first-order valence-electron chi connectivity index (χ1n) is 11.7. The molecule has 0 saturated heterocycles. The molecule has 2 heterocycles. The molecular weight excluding hydrogens is 574 g/mol. The average Bonchev–Trinajstić information content (AvgIpc) is 3.16. The average molecular weight is 600 g/mol. The van der Waals surface area contributed by atoms with Gasteiger partial charge in [0.05, 0.1) is 39.5 Å². The Morgan fingerprint density at radius 3 is 2.58 bits per heavy atom. The van der Waals surface area contributed by atoms with Crippen molar-refractivity contribution in [3.05, 3.63) is 89.0 Å². The number of hydrogen-bond donors (Lipinski definition) is 1. The number of benzene rings is 2. The van der Waals surface area contributed by atoms with Crippen molar-refractivity contribution in [1.82, 2.24) is 4.57 Å². The van der Waals surface area contributed by atoms with Gasteiger partial charge in [0.1, 0.15) is 0 Å². The van der Waals surface area contributed by atoms with Gasteiger partial charge in [-0.1, -0.05) is 41.7 Å². The van der Waals surface area contributed by atoms with Gasteiger partial charge in [-0.15, -0.1) is 0 Å². The zero-order chi connectivity index (χ0) is 27.6.